The predicted octanol–water partition coefficient (Wildman–Crippen LogP) is 1.09. The number of fused-ring (bicyclic) bond motifs is 1. The van der Waals surface area contributed by atoms with Gasteiger partial charge in [0.25, 0.3) is 0 Å². The molecule has 2 heterocycles. The minimum Gasteiger partial charge on any atom is -0.326 e. The Balaban J connectivity index is 1.55. The van der Waals surface area contributed by atoms with Gasteiger partial charge < -0.3 is 10.3 Å². The van der Waals surface area contributed by atoms with Crippen LogP contribution in [0.25, 0.3) is 0 Å². The predicted molar refractivity (Wildman–Crippen MR) is 75.4 cm³/mol. The maximum atomic E-state index is 11.3. The molecule has 0 amide bonds. The highest BCUT2D eigenvalue weighted by atomic mass is 16.1. The van der Waals surface area contributed by atoms with Gasteiger partial charge in [-0.05, 0) is 37.8 Å². The monoisotopic (exact) mass is 273 g/mol. The van der Waals surface area contributed by atoms with Gasteiger partial charge in [-0.3, -0.25) is 9.89 Å². The van der Waals surface area contributed by atoms with Gasteiger partial charge in [-0.1, -0.05) is 6.07 Å². The summed E-state index contributed by atoms with van der Waals surface area (Å²) >= 11 is 0. The van der Waals surface area contributed by atoms with Gasteiger partial charge in [-0.25, -0.2) is 4.98 Å². The van der Waals surface area contributed by atoms with Crippen LogP contribution in [-0.2, 0) is 12.8 Å². The first-order valence-electron chi connectivity index (χ1n) is 7.12. The molecule has 1 aliphatic carbocycles. The molecule has 3 rings (SSSR count). The Kier molecular flexibility index (Phi) is 3.92. The molecule has 0 spiro atoms. The Morgan fingerprint density at radius 2 is 2.35 bits per heavy atom. The molecule has 0 bridgehead atoms. The smallest absolute Gasteiger partial charge is 0.248 e. The molecule has 3 N–H and O–H groups in total. The Morgan fingerprint density at radius 3 is 3.20 bits per heavy atom. The summed E-state index contributed by atoms with van der Waals surface area (Å²) in [6.45, 7) is 0.934. The number of nitrogens with one attached hydrogen (secondary N) is 3. The van der Waals surface area contributed by atoms with Crippen LogP contribution in [0.3, 0.4) is 0 Å². The second-order valence-corrected chi connectivity index (χ2v) is 5.19. The lowest BCUT2D eigenvalue weighted by molar-refractivity contribution is 0.449. The van der Waals surface area contributed by atoms with Gasteiger partial charge in [0.05, 0.1) is 0 Å². The van der Waals surface area contributed by atoms with Gasteiger partial charge in [0.1, 0.15) is 12.2 Å². The normalized spacial score (nSPS) is 17.9. The number of hydrogen-bond acceptors (Lipinski definition) is 4. The summed E-state index contributed by atoms with van der Waals surface area (Å²) in [4.78, 5) is 18.4. The number of H-pyrrole nitrogens is 2. The Labute approximate surface area is 117 Å². The van der Waals surface area contributed by atoms with Crippen LogP contribution in [0.5, 0.6) is 0 Å². The number of pyridine rings is 1. The molecule has 0 fully saturated rings. The third kappa shape index (κ3) is 2.96. The molecule has 6 nitrogen and oxygen atoms in total. The molecule has 0 radical (unpaired) electrons. The lowest BCUT2D eigenvalue weighted by Gasteiger charge is -2.26. The molecule has 6 heteroatoms. The summed E-state index contributed by atoms with van der Waals surface area (Å²) in [5.74, 6) is 0.931. The topological polar surface area (TPSA) is 86.5 Å². The Morgan fingerprint density at radius 1 is 1.40 bits per heavy atom. The van der Waals surface area contributed by atoms with Crippen molar-refractivity contribution in [2.45, 2.75) is 38.1 Å². The van der Waals surface area contributed by atoms with Crippen LogP contribution in [0.2, 0.25) is 0 Å². The molecule has 0 aromatic carbocycles. The van der Waals surface area contributed by atoms with Gasteiger partial charge in [0.15, 0.2) is 0 Å². The average Bonchev–Trinajstić information content (AvgIpc) is 2.96. The summed E-state index contributed by atoms with van der Waals surface area (Å²) in [7, 11) is 0. The summed E-state index contributed by atoms with van der Waals surface area (Å²) in [6.07, 6.45) is 6.68. The average molecular weight is 273 g/mol. The van der Waals surface area contributed by atoms with E-state index < -0.39 is 0 Å². The van der Waals surface area contributed by atoms with Crippen molar-refractivity contribution >= 4 is 0 Å². The highest BCUT2D eigenvalue weighted by Crippen LogP contribution is 2.27. The van der Waals surface area contributed by atoms with Gasteiger partial charge in [0.2, 0.25) is 5.56 Å². The first-order valence-corrected chi connectivity index (χ1v) is 7.12. The number of aromatic nitrogens is 4. The zero-order chi connectivity index (χ0) is 13.8. The summed E-state index contributed by atoms with van der Waals surface area (Å²) in [6, 6.07) is 3.93. The van der Waals surface area contributed by atoms with Crippen LogP contribution < -0.4 is 10.9 Å². The van der Waals surface area contributed by atoms with E-state index in [1.807, 2.05) is 6.07 Å². The fourth-order valence-corrected chi connectivity index (χ4v) is 2.80. The third-order valence-corrected chi connectivity index (χ3v) is 3.78. The maximum Gasteiger partial charge on any atom is 0.248 e. The highest BCUT2D eigenvalue weighted by molar-refractivity contribution is 5.26. The third-order valence-electron chi connectivity index (χ3n) is 3.78. The van der Waals surface area contributed by atoms with E-state index >= 15 is 0 Å². The molecular formula is C14H19N5O. The lowest BCUT2D eigenvalue weighted by atomic mass is 9.91. The molecular weight excluding hydrogens is 254 g/mol. The molecule has 0 saturated heterocycles. The minimum atomic E-state index is -0.00489. The van der Waals surface area contributed by atoms with Crippen molar-refractivity contribution in [2.24, 2.45) is 0 Å². The van der Waals surface area contributed by atoms with Crippen LogP contribution in [0.1, 0.15) is 42.4 Å². The van der Waals surface area contributed by atoms with E-state index in [4.69, 9.17) is 0 Å². The van der Waals surface area contributed by atoms with E-state index in [1.54, 1.807) is 6.07 Å². The van der Waals surface area contributed by atoms with Crippen LogP contribution in [-0.4, -0.2) is 26.7 Å². The van der Waals surface area contributed by atoms with E-state index in [2.05, 4.69) is 25.5 Å². The number of nitrogens with zero attached hydrogens (tertiary/aromatic N) is 2. The standard InChI is InChI=1S/C14H19N5O/c20-14-7-6-10-11(3-1-4-12(10)18-14)15-8-2-5-13-16-9-17-19-13/h6-7,9,11,15H,1-5,8H2,(H,18,20)(H,16,17,19). The molecule has 20 heavy (non-hydrogen) atoms. The molecule has 0 saturated carbocycles. The van der Waals surface area contributed by atoms with Crippen molar-refractivity contribution in [3.8, 4) is 0 Å². The first kappa shape index (κ1) is 13.1. The highest BCUT2D eigenvalue weighted by Gasteiger charge is 2.19. The maximum absolute atomic E-state index is 11.3. The number of aromatic amines is 2. The summed E-state index contributed by atoms with van der Waals surface area (Å²) in [5, 5.41) is 10.3. The second-order valence-electron chi connectivity index (χ2n) is 5.19. The zero-order valence-corrected chi connectivity index (χ0v) is 11.4. The minimum absolute atomic E-state index is 0.00489. The summed E-state index contributed by atoms with van der Waals surface area (Å²) < 4.78 is 0. The van der Waals surface area contributed by atoms with E-state index in [9.17, 15) is 4.79 Å². The van der Waals surface area contributed by atoms with Crippen molar-refractivity contribution in [3.63, 3.8) is 0 Å². The molecule has 2 aromatic heterocycles. The quantitative estimate of drug-likeness (QED) is 0.712. The van der Waals surface area contributed by atoms with E-state index in [-0.39, 0.29) is 5.56 Å². The summed E-state index contributed by atoms with van der Waals surface area (Å²) in [5.41, 5.74) is 2.33. The van der Waals surface area contributed by atoms with Crippen molar-refractivity contribution in [3.05, 3.63) is 45.9 Å². The Bertz CT molecular complexity index is 604. The SMILES string of the molecule is O=c1ccc2c([nH]1)CCCC2NCCCc1ncn[nH]1. The van der Waals surface area contributed by atoms with Gasteiger partial charge >= 0.3 is 0 Å². The van der Waals surface area contributed by atoms with Crippen molar-refractivity contribution < 1.29 is 0 Å². The number of rotatable bonds is 5. The number of hydrogen-bond donors (Lipinski definition) is 3. The fraction of sp³-hybridized carbons (Fsp3) is 0.500. The van der Waals surface area contributed by atoms with Gasteiger partial charge in [0, 0.05) is 24.2 Å². The molecule has 1 aliphatic rings. The van der Waals surface area contributed by atoms with Crippen molar-refractivity contribution in [1.29, 1.82) is 0 Å². The van der Waals surface area contributed by atoms with Crippen LogP contribution >= 0.6 is 0 Å². The van der Waals surface area contributed by atoms with E-state index in [0.717, 1.165) is 50.2 Å². The van der Waals surface area contributed by atoms with Crippen LogP contribution in [0, 0.1) is 0 Å². The first-order chi connectivity index (χ1) is 9.83. The Hall–Kier alpha value is -1.95. The molecule has 106 valence electrons. The lowest BCUT2D eigenvalue weighted by Crippen LogP contribution is -2.28. The van der Waals surface area contributed by atoms with Crippen LogP contribution in [0.4, 0.5) is 0 Å². The number of aryl methyl sites for hydroxylation is 2. The van der Waals surface area contributed by atoms with Crippen molar-refractivity contribution in [2.75, 3.05) is 6.54 Å². The largest absolute Gasteiger partial charge is 0.326 e. The second kappa shape index (κ2) is 6.00. The van der Waals surface area contributed by atoms with Crippen LogP contribution in [0.15, 0.2) is 23.3 Å². The molecule has 1 unspecified atom stereocenters. The molecule has 1 atom stereocenters. The van der Waals surface area contributed by atoms with Crippen molar-refractivity contribution in [1.82, 2.24) is 25.5 Å². The van der Waals surface area contributed by atoms with E-state index in [1.165, 1.54) is 11.9 Å². The van der Waals surface area contributed by atoms with Gasteiger partial charge in [-0.15, -0.1) is 0 Å². The fourth-order valence-electron chi connectivity index (χ4n) is 2.80. The van der Waals surface area contributed by atoms with E-state index in [0.29, 0.717) is 6.04 Å². The zero-order valence-electron chi connectivity index (χ0n) is 11.4. The molecule has 0 aliphatic heterocycles. The van der Waals surface area contributed by atoms with Gasteiger partial charge in [-0.2, -0.15) is 5.10 Å². The molecule has 2 aromatic rings.